The molecular weight excluding hydrogens is 352 g/mol. The molecule has 0 aliphatic carbocycles. The molecule has 0 bridgehead atoms. The molecule has 3 rings (SSSR count). The maximum Gasteiger partial charge on any atom is 0.272 e. The van der Waals surface area contributed by atoms with Crippen LogP contribution in [-0.4, -0.2) is 17.1 Å². The molecule has 128 valence electrons. The van der Waals surface area contributed by atoms with Gasteiger partial charge in [0.15, 0.2) is 4.80 Å². The molecule has 1 amide bonds. The van der Waals surface area contributed by atoms with Gasteiger partial charge in [-0.15, -0.1) is 17.9 Å². The van der Waals surface area contributed by atoms with Crippen molar-refractivity contribution >= 4 is 44.9 Å². The molecule has 4 nitrogen and oxygen atoms in total. The Morgan fingerprint density at radius 1 is 1.40 bits per heavy atom. The summed E-state index contributed by atoms with van der Waals surface area (Å²) in [6.07, 6.45) is 5.09. The van der Waals surface area contributed by atoms with Crippen LogP contribution in [0.25, 0.3) is 16.3 Å². The molecule has 0 saturated carbocycles. The lowest BCUT2D eigenvalue weighted by Gasteiger charge is -2.03. The van der Waals surface area contributed by atoms with Gasteiger partial charge < -0.3 is 9.30 Å². The van der Waals surface area contributed by atoms with Crippen LogP contribution in [-0.2, 0) is 11.3 Å². The van der Waals surface area contributed by atoms with Crippen LogP contribution in [0.3, 0.4) is 0 Å². The van der Waals surface area contributed by atoms with Crippen LogP contribution >= 0.6 is 22.7 Å². The molecule has 1 aromatic carbocycles. The summed E-state index contributed by atoms with van der Waals surface area (Å²) in [7, 11) is 0. The number of allylic oxidation sites excluding steroid dienone is 1. The smallest absolute Gasteiger partial charge is 0.272 e. The number of hydrogen-bond acceptors (Lipinski definition) is 4. The number of benzene rings is 1. The summed E-state index contributed by atoms with van der Waals surface area (Å²) in [6, 6.07) is 9.81. The minimum absolute atomic E-state index is 0.275. The molecule has 2 heterocycles. The number of fused-ring (bicyclic) bond motifs is 1. The highest BCUT2D eigenvalue weighted by atomic mass is 32.1. The summed E-state index contributed by atoms with van der Waals surface area (Å²) in [5.74, 6) is 0.542. The summed E-state index contributed by atoms with van der Waals surface area (Å²) in [5.41, 5.74) is 1.02. The zero-order valence-electron chi connectivity index (χ0n) is 13.8. The first-order chi connectivity index (χ1) is 12.2. The van der Waals surface area contributed by atoms with E-state index in [0.29, 0.717) is 18.0 Å². The van der Waals surface area contributed by atoms with E-state index in [2.05, 4.69) is 11.6 Å². The summed E-state index contributed by atoms with van der Waals surface area (Å²) < 4.78 is 8.57. The maximum atomic E-state index is 12.2. The quantitative estimate of drug-likeness (QED) is 0.474. The minimum Gasteiger partial charge on any atom is -0.494 e. The Bertz CT molecular complexity index is 979. The van der Waals surface area contributed by atoms with E-state index in [4.69, 9.17) is 4.74 Å². The number of amides is 1. The van der Waals surface area contributed by atoms with Crippen LogP contribution in [0.5, 0.6) is 5.75 Å². The highest BCUT2D eigenvalue weighted by Gasteiger charge is 2.07. The Morgan fingerprint density at radius 2 is 2.28 bits per heavy atom. The van der Waals surface area contributed by atoms with Crippen molar-refractivity contribution in [2.75, 3.05) is 6.61 Å². The SMILES string of the molecule is C=CCn1c(=NC(=O)C=Cc2cccs2)sc2cc(OCC)ccc21. The molecule has 0 unspecified atom stereocenters. The number of aromatic nitrogens is 1. The molecule has 0 spiro atoms. The van der Waals surface area contributed by atoms with Gasteiger partial charge >= 0.3 is 0 Å². The Labute approximate surface area is 154 Å². The zero-order valence-corrected chi connectivity index (χ0v) is 15.5. The van der Waals surface area contributed by atoms with Crippen LogP contribution in [0.1, 0.15) is 11.8 Å². The van der Waals surface area contributed by atoms with Gasteiger partial charge in [0.05, 0.1) is 16.8 Å². The number of thiazole rings is 1. The molecule has 2 aromatic heterocycles. The number of hydrogen-bond donors (Lipinski definition) is 0. The fourth-order valence-electron chi connectivity index (χ4n) is 2.37. The van der Waals surface area contributed by atoms with E-state index >= 15 is 0 Å². The van der Waals surface area contributed by atoms with Crippen LogP contribution in [0.15, 0.2) is 59.4 Å². The zero-order chi connectivity index (χ0) is 17.6. The lowest BCUT2D eigenvalue weighted by atomic mass is 10.3. The predicted molar refractivity (Wildman–Crippen MR) is 105 cm³/mol. The highest BCUT2D eigenvalue weighted by molar-refractivity contribution is 7.16. The molecule has 0 fully saturated rings. The van der Waals surface area contributed by atoms with Crippen molar-refractivity contribution in [2.45, 2.75) is 13.5 Å². The number of carbonyl (C=O) groups is 1. The third kappa shape index (κ3) is 4.15. The van der Waals surface area contributed by atoms with Crippen molar-refractivity contribution in [1.29, 1.82) is 0 Å². The van der Waals surface area contributed by atoms with Crippen LogP contribution in [0, 0.1) is 0 Å². The van der Waals surface area contributed by atoms with Gasteiger partial charge in [0.2, 0.25) is 0 Å². The average Bonchev–Trinajstić information content (AvgIpc) is 3.22. The normalized spacial score (nSPS) is 12.1. The first kappa shape index (κ1) is 17.4. The van der Waals surface area contributed by atoms with Crippen molar-refractivity contribution in [2.24, 2.45) is 4.99 Å². The fourth-order valence-corrected chi connectivity index (χ4v) is 4.06. The van der Waals surface area contributed by atoms with Gasteiger partial charge in [-0.2, -0.15) is 4.99 Å². The van der Waals surface area contributed by atoms with Crippen molar-refractivity contribution in [1.82, 2.24) is 4.57 Å². The number of rotatable bonds is 6. The summed E-state index contributed by atoms with van der Waals surface area (Å²) in [5, 5.41) is 1.97. The van der Waals surface area contributed by atoms with Gasteiger partial charge in [0, 0.05) is 17.5 Å². The topological polar surface area (TPSA) is 43.6 Å². The standard InChI is InChI=1S/C19H18N2O2S2/c1-3-11-21-16-9-7-14(23-4-2)13-17(16)25-19(21)20-18(22)10-8-15-6-5-12-24-15/h3,5-10,12-13H,1,4,11H2,2H3. The van der Waals surface area contributed by atoms with Crippen LogP contribution < -0.4 is 9.54 Å². The lowest BCUT2D eigenvalue weighted by Crippen LogP contribution is -2.15. The Balaban J connectivity index is 1.99. The first-order valence-electron chi connectivity index (χ1n) is 7.88. The van der Waals surface area contributed by atoms with Crippen molar-refractivity contribution in [3.8, 4) is 5.75 Å². The molecular formula is C19H18N2O2S2. The van der Waals surface area contributed by atoms with E-state index in [0.717, 1.165) is 20.8 Å². The van der Waals surface area contributed by atoms with Gasteiger partial charge in [0.1, 0.15) is 5.75 Å². The van der Waals surface area contributed by atoms with Gasteiger partial charge in [-0.05, 0) is 42.6 Å². The molecule has 0 N–H and O–H groups in total. The van der Waals surface area contributed by atoms with Crippen LogP contribution in [0.2, 0.25) is 0 Å². The van der Waals surface area contributed by atoms with E-state index in [1.807, 2.05) is 47.2 Å². The highest BCUT2D eigenvalue weighted by Crippen LogP contribution is 2.23. The minimum atomic E-state index is -0.275. The number of thiophene rings is 1. The summed E-state index contributed by atoms with van der Waals surface area (Å²) >= 11 is 3.05. The Kier molecular flexibility index (Phi) is 5.63. The van der Waals surface area contributed by atoms with Gasteiger partial charge in [0.25, 0.3) is 5.91 Å². The largest absolute Gasteiger partial charge is 0.494 e. The van der Waals surface area contributed by atoms with Crippen LogP contribution in [0.4, 0.5) is 0 Å². The summed E-state index contributed by atoms with van der Waals surface area (Å²) in [6.45, 7) is 6.96. The van der Waals surface area contributed by atoms with Gasteiger partial charge in [-0.25, -0.2) is 0 Å². The molecule has 3 aromatic rings. The molecule has 0 aliphatic rings. The van der Waals surface area contributed by atoms with Crippen molar-refractivity contribution < 1.29 is 9.53 Å². The second kappa shape index (κ2) is 8.09. The molecule has 0 saturated heterocycles. The third-order valence-electron chi connectivity index (χ3n) is 3.42. The number of nitrogens with zero attached hydrogens (tertiary/aromatic N) is 2. The lowest BCUT2D eigenvalue weighted by molar-refractivity contribution is -0.113. The second-order valence-corrected chi connectivity index (χ2v) is 7.13. The molecule has 6 heteroatoms. The molecule has 25 heavy (non-hydrogen) atoms. The maximum absolute atomic E-state index is 12.2. The molecule has 0 aliphatic heterocycles. The molecule has 0 atom stereocenters. The number of carbonyl (C=O) groups excluding carboxylic acids is 1. The van der Waals surface area contributed by atoms with E-state index < -0.39 is 0 Å². The van der Waals surface area contributed by atoms with E-state index in [-0.39, 0.29) is 5.91 Å². The van der Waals surface area contributed by atoms with Gasteiger partial charge in [-0.3, -0.25) is 4.79 Å². The van der Waals surface area contributed by atoms with Gasteiger partial charge in [-0.1, -0.05) is 23.5 Å². The second-order valence-electron chi connectivity index (χ2n) is 5.15. The summed E-state index contributed by atoms with van der Waals surface area (Å²) in [4.78, 5) is 18.2. The Morgan fingerprint density at radius 3 is 3.00 bits per heavy atom. The van der Waals surface area contributed by atoms with E-state index in [9.17, 15) is 4.79 Å². The average molecular weight is 370 g/mol. The predicted octanol–water partition coefficient (Wildman–Crippen LogP) is 4.49. The first-order valence-corrected chi connectivity index (χ1v) is 9.58. The molecule has 0 radical (unpaired) electrons. The van der Waals surface area contributed by atoms with E-state index in [1.165, 1.54) is 17.4 Å². The van der Waals surface area contributed by atoms with Crippen molar-refractivity contribution in [3.05, 3.63) is 64.1 Å². The Hall–Kier alpha value is -2.44. The number of ether oxygens (including phenoxy) is 1. The third-order valence-corrected chi connectivity index (χ3v) is 5.29. The van der Waals surface area contributed by atoms with Crippen molar-refractivity contribution in [3.63, 3.8) is 0 Å². The monoisotopic (exact) mass is 370 g/mol. The fraction of sp³-hybridized carbons (Fsp3) is 0.158. The van der Waals surface area contributed by atoms with E-state index in [1.54, 1.807) is 23.5 Å².